The SMILES string of the molecule is C=CCOc1ccc([C@@H]2C(C(=O)OCC)=C(C)N=c3s/c(=C\c4cccc(OC)c4)c(=O)n32)cc1OCC. The highest BCUT2D eigenvalue weighted by molar-refractivity contribution is 7.07. The van der Waals surface area contributed by atoms with Crippen molar-refractivity contribution in [2.75, 3.05) is 26.9 Å². The Labute approximate surface area is 224 Å². The van der Waals surface area contributed by atoms with Crippen LogP contribution >= 0.6 is 11.3 Å². The van der Waals surface area contributed by atoms with E-state index in [1.54, 1.807) is 49.8 Å². The second-order valence-electron chi connectivity index (χ2n) is 8.32. The molecule has 0 saturated heterocycles. The first-order chi connectivity index (χ1) is 18.4. The van der Waals surface area contributed by atoms with Crippen molar-refractivity contribution in [3.63, 3.8) is 0 Å². The highest BCUT2D eigenvalue weighted by Gasteiger charge is 2.34. The number of nitrogens with zero attached hydrogens (tertiary/aromatic N) is 2. The van der Waals surface area contributed by atoms with E-state index < -0.39 is 12.0 Å². The zero-order valence-electron chi connectivity index (χ0n) is 21.9. The molecule has 1 aliphatic rings. The maximum Gasteiger partial charge on any atom is 0.338 e. The number of rotatable bonds is 10. The van der Waals surface area contributed by atoms with E-state index in [1.165, 1.54) is 11.3 Å². The Morgan fingerprint density at radius 1 is 1.13 bits per heavy atom. The highest BCUT2D eigenvalue weighted by atomic mass is 32.1. The van der Waals surface area contributed by atoms with Crippen LogP contribution in [0.4, 0.5) is 0 Å². The number of benzene rings is 2. The van der Waals surface area contributed by atoms with Crippen molar-refractivity contribution in [3.05, 3.63) is 97.2 Å². The van der Waals surface area contributed by atoms with E-state index >= 15 is 0 Å². The molecule has 1 atom stereocenters. The number of methoxy groups -OCH3 is 1. The van der Waals surface area contributed by atoms with Gasteiger partial charge in [-0.3, -0.25) is 9.36 Å². The number of allylic oxidation sites excluding steroid dienone is 1. The maximum atomic E-state index is 13.8. The molecule has 4 rings (SSSR count). The number of carbonyl (C=O) groups excluding carboxylic acids is 1. The van der Waals surface area contributed by atoms with Gasteiger partial charge >= 0.3 is 5.97 Å². The van der Waals surface area contributed by atoms with E-state index in [4.69, 9.17) is 18.9 Å². The van der Waals surface area contributed by atoms with Crippen molar-refractivity contribution >= 4 is 23.4 Å². The number of aromatic nitrogens is 1. The number of carbonyl (C=O) groups is 1. The Hall–Kier alpha value is -4.11. The van der Waals surface area contributed by atoms with Crippen LogP contribution in [0, 0.1) is 0 Å². The largest absolute Gasteiger partial charge is 0.497 e. The van der Waals surface area contributed by atoms with Crippen LogP contribution < -0.4 is 29.1 Å². The summed E-state index contributed by atoms with van der Waals surface area (Å²) >= 11 is 1.26. The van der Waals surface area contributed by atoms with Gasteiger partial charge in [0.25, 0.3) is 5.56 Å². The normalized spacial score (nSPS) is 14.9. The molecule has 0 aliphatic carbocycles. The summed E-state index contributed by atoms with van der Waals surface area (Å²) < 4.78 is 24.3. The fourth-order valence-electron chi connectivity index (χ4n) is 4.22. The zero-order valence-corrected chi connectivity index (χ0v) is 22.7. The molecule has 2 heterocycles. The van der Waals surface area contributed by atoms with Gasteiger partial charge in [-0.1, -0.05) is 42.2 Å². The molecular formula is C29H30N2O6S. The predicted octanol–water partition coefficient (Wildman–Crippen LogP) is 3.77. The molecule has 1 aliphatic heterocycles. The number of fused-ring (bicyclic) bond motifs is 1. The van der Waals surface area contributed by atoms with Gasteiger partial charge in [-0.05, 0) is 62.2 Å². The summed E-state index contributed by atoms with van der Waals surface area (Å²) in [7, 11) is 1.59. The molecule has 1 aromatic heterocycles. The van der Waals surface area contributed by atoms with Crippen molar-refractivity contribution in [1.82, 2.24) is 4.57 Å². The van der Waals surface area contributed by atoms with Crippen LogP contribution in [-0.4, -0.2) is 37.5 Å². The lowest BCUT2D eigenvalue weighted by molar-refractivity contribution is -0.139. The van der Waals surface area contributed by atoms with Gasteiger partial charge in [-0.2, -0.15) is 0 Å². The molecule has 9 heteroatoms. The minimum atomic E-state index is -0.759. The highest BCUT2D eigenvalue weighted by Crippen LogP contribution is 2.36. The van der Waals surface area contributed by atoms with Gasteiger partial charge in [0.1, 0.15) is 12.4 Å². The van der Waals surface area contributed by atoms with Crippen LogP contribution in [0.3, 0.4) is 0 Å². The Kier molecular flexibility index (Phi) is 8.48. The fourth-order valence-corrected chi connectivity index (χ4v) is 5.27. The van der Waals surface area contributed by atoms with Crippen molar-refractivity contribution in [3.8, 4) is 17.2 Å². The molecule has 0 radical (unpaired) electrons. The zero-order chi connectivity index (χ0) is 27.2. The van der Waals surface area contributed by atoms with Gasteiger partial charge in [0.15, 0.2) is 16.3 Å². The molecule has 38 heavy (non-hydrogen) atoms. The van der Waals surface area contributed by atoms with E-state index in [0.29, 0.717) is 56.6 Å². The average molecular weight is 535 g/mol. The standard InChI is InChI=1S/C29H30N2O6S/c1-6-14-37-22-13-12-20(17-23(22)35-7-2)26-25(28(33)36-8-3)18(4)30-29-31(26)27(32)24(38-29)16-19-10-9-11-21(15-19)34-5/h6,9-13,15-17,26H,1,7-8,14H2,2-5H3/b24-16-/t26-/m1/s1. The van der Waals surface area contributed by atoms with Crippen LogP contribution in [-0.2, 0) is 9.53 Å². The summed E-state index contributed by atoms with van der Waals surface area (Å²) in [5, 5.41) is 0. The van der Waals surface area contributed by atoms with Crippen LogP contribution in [0.2, 0.25) is 0 Å². The lowest BCUT2D eigenvalue weighted by Crippen LogP contribution is -2.40. The number of thiazole rings is 1. The van der Waals surface area contributed by atoms with Gasteiger partial charge in [-0.15, -0.1) is 0 Å². The molecule has 0 N–H and O–H groups in total. The Morgan fingerprint density at radius 3 is 2.66 bits per heavy atom. The van der Waals surface area contributed by atoms with Gasteiger partial charge in [0.05, 0.1) is 42.2 Å². The van der Waals surface area contributed by atoms with Crippen LogP contribution in [0.5, 0.6) is 17.2 Å². The number of hydrogen-bond acceptors (Lipinski definition) is 8. The van der Waals surface area contributed by atoms with Gasteiger partial charge in [-0.25, -0.2) is 9.79 Å². The predicted molar refractivity (Wildman–Crippen MR) is 147 cm³/mol. The van der Waals surface area contributed by atoms with E-state index in [0.717, 1.165) is 5.56 Å². The van der Waals surface area contributed by atoms with Gasteiger partial charge in [0, 0.05) is 0 Å². The first-order valence-corrected chi connectivity index (χ1v) is 13.1. The van der Waals surface area contributed by atoms with Gasteiger partial charge in [0.2, 0.25) is 0 Å². The third-order valence-corrected chi connectivity index (χ3v) is 6.83. The summed E-state index contributed by atoms with van der Waals surface area (Å²) in [6.07, 6.45) is 3.44. The molecule has 0 spiro atoms. The summed E-state index contributed by atoms with van der Waals surface area (Å²) in [6, 6.07) is 12.1. The number of ether oxygens (including phenoxy) is 4. The monoisotopic (exact) mass is 534 g/mol. The van der Waals surface area contributed by atoms with Gasteiger partial charge < -0.3 is 18.9 Å². The van der Waals surface area contributed by atoms with Crippen molar-refractivity contribution in [1.29, 1.82) is 0 Å². The molecule has 0 saturated carbocycles. The fraction of sp³-hybridized carbons (Fsp3) is 0.276. The lowest BCUT2D eigenvalue weighted by atomic mass is 9.95. The summed E-state index contributed by atoms with van der Waals surface area (Å²) in [6.45, 7) is 9.98. The second kappa shape index (κ2) is 12.0. The van der Waals surface area contributed by atoms with Crippen molar-refractivity contribution in [2.45, 2.75) is 26.8 Å². The minimum absolute atomic E-state index is 0.196. The third-order valence-electron chi connectivity index (χ3n) is 5.85. The maximum absolute atomic E-state index is 13.8. The Morgan fingerprint density at radius 2 is 1.95 bits per heavy atom. The quantitative estimate of drug-likeness (QED) is 0.291. The first-order valence-electron chi connectivity index (χ1n) is 12.3. The van der Waals surface area contributed by atoms with Crippen molar-refractivity contribution in [2.24, 2.45) is 4.99 Å². The van der Waals surface area contributed by atoms with Crippen LogP contribution in [0.25, 0.3) is 6.08 Å². The average Bonchev–Trinajstić information content (AvgIpc) is 3.21. The second-order valence-corrected chi connectivity index (χ2v) is 9.33. The van der Waals surface area contributed by atoms with Crippen molar-refractivity contribution < 1.29 is 23.7 Å². The molecule has 0 amide bonds. The summed E-state index contributed by atoms with van der Waals surface area (Å²) in [5.74, 6) is 1.21. The molecule has 0 unspecified atom stereocenters. The molecule has 3 aromatic rings. The van der Waals surface area contributed by atoms with E-state index in [2.05, 4.69) is 11.6 Å². The molecule has 2 aromatic carbocycles. The summed E-state index contributed by atoms with van der Waals surface area (Å²) in [4.78, 5) is 32.1. The Bertz CT molecular complexity index is 1570. The number of hydrogen-bond donors (Lipinski definition) is 0. The molecule has 8 nitrogen and oxygen atoms in total. The Balaban J connectivity index is 1.93. The summed E-state index contributed by atoms with van der Waals surface area (Å²) in [5.41, 5.74) is 2.02. The minimum Gasteiger partial charge on any atom is -0.497 e. The molecule has 198 valence electrons. The third kappa shape index (κ3) is 5.43. The van der Waals surface area contributed by atoms with Crippen LogP contribution in [0.15, 0.2) is 76.2 Å². The smallest absolute Gasteiger partial charge is 0.338 e. The lowest BCUT2D eigenvalue weighted by Gasteiger charge is -2.25. The molecule has 0 bridgehead atoms. The van der Waals surface area contributed by atoms with E-state index in [-0.39, 0.29) is 12.2 Å². The van der Waals surface area contributed by atoms with E-state index in [9.17, 15) is 9.59 Å². The topological polar surface area (TPSA) is 88.4 Å². The molecule has 0 fully saturated rings. The first kappa shape index (κ1) is 26.9. The van der Waals surface area contributed by atoms with Crippen LogP contribution in [0.1, 0.15) is 37.9 Å². The number of esters is 1. The molecular weight excluding hydrogens is 504 g/mol. The van der Waals surface area contributed by atoms with E-state index in [1.807, 2.05) is 37.3 Å².